The lowest BCUT2D eigenvalue weighted by molar-refractivity contribution is -0.102. The lowest BCUT2D eigenvalue weighted by Gasteiger charge is -2.54. The minimum Gasteiger partial charge on any atom is -0.378 e. The van der Waals surface area contributed by atoms with Crippen molar-refractivity contribution in [1.29, 1.82) is 0 Å². The monoisotopic (exact) mass is 284 g/mol. The summed E-state index contributed by atoms with van der Waals surface area (Å²) in [6.45, 7) is 15.3. The summed E-state index contributed by atoms with van der Waals surface area (Å²) in [6.07, 6.45) is 5.20. The molecule has 3 heteroatoms. The third-order valence-corrected chi connectivity index (χ3v) is 4.62. The Morgan fingerprint density at radius 2 is 1.60 bits per heavy atom. The van der Waals surface area contributed by atoms with Gasteiger partial charge >= 0.3 is 0 Å². The molecule has 120 valence electrons. The van der Waals surface area contributed by atoms with Gasteiger partial charge in [0.25, 0.3) is 0 Å². The second-order valence-electron chi connectivity index (χ2n) is 7.27. The Morgan fingerprint density at radius 3 is 1.95 bits per heavy atom. The van der Waals surface area contributed by atoms with Crippen LogP contribution in [0.3, 0.4) is 0 Å². The first-order chi connectivity index (χ1) is 9.43. The van der Waals surface area contributed by atoms with Gasteiger partial charge in [0, 0.05) is 18.7 Å². The molecule has 3 nitrogen and oxygen atoms in total. The van der Waals surface area contributed by atoms with Gasteiger partial charge in [0.15, 0.2) is 0 Å². The summed E-state index contributed by atoms with van der Waals surface area (Å²) >= 11 is 0. The molecular weight excluding hydrogens is 248 g/mol. The molecule has 0 radical (unpaired) electrons. The summed E-state index contributed by atoms with van der Waals surface area (Å²) in [5.74, 6) is 1.52. The second-order valence-corrected chi connectivity index (χ2v) is 7.27. The van der Waals surface area contributed by atoms with Crippen LogP contribution in [0.2, 0.25) is 0 Å². The molecule has 0 aromatic rings. The fraction of sp³-hybridized carbons (Fsp3) is 1.00. The average molecular weight is 284 g/mol. The van der Waals surface area contributed by atoms with Crippen LogP contribution in [0.25, 0.3) is 0 Å². The lowest BCUT2D eigenvalue weighted by Crippen LogP contribution is -2.64. The van der Waals surface area contributed by atoms with Gasteiger partial charge in [-0.1, -0.05) is 27.7 Å². The molecule has 20 heavy (non-hydrogen) atoms. The first-order valence-electron chi connectivity index (χ1n) is 8.50. The summed E-state index contributed by atoms with van der Waals surface area (Å²) < 4.78 is 5.75. The zero-order chi connectivity index (χ0) is 15.2. The third-order valence-electron chi connectivity index (χ3n) is 4.62. The second kappa shape index (κ2) is 8.35. The van der Waals surface area contributed by atoms with Crippen molar-refractivity contribution in [2.75, 3.05) is 26.2 Å². The minimum absolute atomic E-state index is 0.212. The van der Waals surface area contributed by atoms with E-state index in [1.807, 2.05) is 0 Å². The van der Waals surface area contributed by atoms with Gasteiger partial charge in [-0.05, 0) is 57.5 Å². The largest absolute Gasteiger partial charge is 0.378 e. The van der Waals surface area contributed by atoms with Crippen molar-refractivity contribution in [3.8, 4) is 0 Å². The predicted octanol–water partition coefficient (Wildman–Crippen LogP) is 3.28. The van der Waals surface area contributed by atoms with Crippen molar-refractivity contribution in [3.63, 3.8) is 0 Å². The Hall–Kier alpha value is -0.120. The Kier molecular flexibility index (Phi) is 7.49. The molecular formula is C17H36N2O. The van der Waals surface area contributed by atoms with E-state index in [1.165, 1.54) is 25.9 Å². The van der Waals surface area contributed by atoms with Crippen LogP contribution in [0.4, 0.5) is 0 Å². The highest BCUT2D eigenvalue weighted by Crippen LogP contribution is 2.39. The molecule has 1 aliphatic carbocycles. The molecule has 0 bridgehead atoms. The van der Waals surface area contributed by atoms with E-state index in [0.717, 1.165) is 37.8 Å². The highest BCUT2D eigenvalue weighted by atomic mass is 16.5. The van der Waals surface area contributed by atoms with Gasteiger partial charge in [-0.3, -0.25) is 4.90 Å². The third kappa shape index (κ3) is 5.01. The molecule has 0 spiro atoms. The van der Waals surface area contributed by atoms with E-state index in [0.29, 0.717) is 6.10 Å². The van der Waals surface area contributed by atoms with Gasteiger partial charge in [0.1, 0.15) is 0 Å². The van der Waals surface area contributed by atoms with Crippen LogP contribution in [0.15, 0.2) is 0 Å². The van der Waals surface area contributed by atoms with E-state index >= 15 is 0 Å². The quantitative estimate of drug-likeness (QED) is 0.669. The molecule has 0 aromatic carbocycles. The van der Waals surface area contributed by atoms with Crippen LogP contribution in [0.5, 0.6) is 0 Å². The summed E-state index contributed by atoms with van der Waals surface area (Å²) in [7, 11) is 0. The molecule has 0 aliphatic heterocycles. The molecule has 2 N–H and O–H groups in total. The summed E-state index contributed by atoms with van der Waals surface area (Å²) in [5.41, 5.74) is 6.36. The Morgan fingerprint density at radius 1 is 1.10 bits per heavy atom. The van der Waals surface area contributed by atoms with E-state index < -0.39 is 0 Å². The first kappa shape index (κ1) is 17.9. The number of nitrogens with zero attached hydrogens (tertiary/aromatic N) is 1. The minimum atomic E-state index is 0.212. The Labute approximate surface area is 126 Å². The molecule has 0 unspecified atom stereocenters. The fourth-order valence-corrected chi connectivity index (χ4v) is 3.11. The van der Waals surface area contributed by atoms with Crippen LogP contribution in [0, 0.1) is 11.8 Å². The lowest BCUT2D eigenvalue weighted by atomic mass is 9.72. The van der Waals surface area contributed by atoms with Crippen LogP contribution in [-0.2, 0) is 4.74 Å². The topological polar surface area (TPSA) is 38.5 Å². The van der Waals surface area contributed by atoms with Gasteiger partial charge in [-0.25, -0.2) is 0 Å². The number of rotatable bonds is 10. The van der Waals surface area contributed by atoms with Crippen molar-refractivity contribution in [1.82, 2.24) is 4.90 Å². The normalized spacial score (nSPS) is 26.6. The Balaban J connectivity index is 2.59. The molecule has 1 aliphatic rings. The van der Waals surface area contributed by atoms with Crippen LogP contribution in [-0.4, -0.2) is 42.8 Å². The highest BCUT2D eigenvalue weighted by Gasteiger charge is 2.47. The SMILES string of the molecule is CCOC1CC(CN)(N(CCC(C)C)CCC(C)C)C1. The van der Waals surface area contributed by atoms with Crippen molar-refractivity contribution in [3.05, 3.63) is 0 Å². The average Bonchev–Trinajstić information content (AvgIpc) is 2.33. The van der Waals surface area contributed by atoms with Gasteiger partial charge in [0.2, 0.25) is 0 Å². The number of hydrogen-bond acceptors (Lipinski definition) is 3. The number of nitrogens with two attached hydrogens (primary N) is 1. The maximum atomic E-state index is 6.14. The zero-order valence-electron chi connectivity index (χ0n) is 14.3. The maximum absolute atomic E-state index is 6.14. The molecule has 0 saturated heterocycles. The van der Waals surface area contributed by atoms with Gasteiger partial charge in [0.05, 0.1) is 6.10 Å². The van der Waals surface area contributed by atoms with Crippen LogP contribution in [0.1, 0.15) is 60.3 Å². The summed E-state index contributed by atoms with van der Waals surface area (Å²) in [6, 6.07) is 0. The van der Waals surface area contributed by atoms with Crippen molar-refractivity contribution >= 4 is 0 Å². The standard InChI is InChI=1S/C17H36N2O/c1-6-20-16-11-17(12-16,13-18)19(9-7-14(2)3)10-8-15(4)5/h14-16H,6-13,18H2,1-5H3. The summed E-state index contributed by atoms with van der Waals surface area (Å²) in [4.78, 5) is 2.67. The fourth-order valence-electron chi connectivity index (χ4n) is 3.11. The predicted molar refractivity (Wildman–Crippen MR) is 86.9 cm³/mol. The van der Waals surface area contributed by atoms with E-state index in [2.05, 4.69) is 39.5 Å². The number of hydrogen-bond donors (Lipinski definition) is 1. The molecule has 1 saturated carbocycles. The highest BCUT2D eigenvalue weighted by molar-refractivity contribution is 5.04. The van der Waals surface area contributed by atoms with Gasteiger partial charge in [-0.15, -0.1) is 0 Å². The zero-order valence-corrected chi connectivity index (χ0v) is 14.3. The summed E-state index contributed by atoms with van der Waals surface area (Å²) in [5, 5.41) is 0. The number of ether oxygens (including phenoxy) is 1. The molecule has 1 fully saturated rings. The molecule has 0 heterocycles. The van der Waals surface area contributed by atoms with Gasteiger partial charge < -0.3 is 10.5 Å². The maximum Gasteiger partial charge on any atom is 0.0611 e. The van der Waals surface area contributed by atoms with Crippen molar-refractivity contribution in [2.45, 2.75) is 71.9 Å². The van der Waals surface area contributed by atoms with E-state index in [4.69, 9.17) is 10.5 Å². The smallest absolute Gasteiger partial charge is 0.0611 e. The van der Waals surface area contributed by atoms with E-state index in [1.54, 1.807) is 0 Å². The van der Waals surface area contributed by atoms with Crippen molar-refractivity contribution in [2.24, 2.45) is 17.6 Å². The molecule has 0 amide bonds. The van der Waals surface area contributed by atoms with E-state index in [9.17, 15) is 0 Å². The first-order valence-corrected chi connectivity index (χ1v) is 8.50. The van der Waals surface area contributed by atoms with Crippen LogP contribution < -0.4 is 5.73 Å². The van der Waals surface area contributed by atoms with Gasteiger partial charge in [-0.2, -0.15) is 0 Å². The van der Waals surface area contributed by atoms with Crippen molar-refractivity contribution < 1.29 is 4.74 Å². The van der Waals surface area contributed by atoms with E-state index in [-0.39, 0.29) is 5.54 Å². The molecule has 0 aromatic heterocycles. The van der Waals surface area contributed by atoms with Crippen LogP contribution >= 0.6 is 0 Å². The Bertz CT molecular complexity index is 248. The molecule has 0 atom stereocenters. The molecule has 1 rings (SSSR count).